The van der Waals surface area contributed by atoms with E-state index in [1.165, 1.54) is 6.08 Å². The molecular formula is C18H17ClO4. The van der Waals surface area contributed by atoms with Gasteiger partial charge < -0.3 is 14.2 Å². The molecule has 0 spiro atoms. The monoisotopic (exact) mass is 332 g/mol. The van der Waals surface area contributed by atoms with Gasteiger partial charge in [-0.05, 0) is 48.9 Å². The van der Waals surface area contributed by atoms with Crippen LogP contribution in [-0.4, -0.2) is 20.2 Å². The quantitative estimate of drug-likeness (QED) is 0.465. The first-order valence-electron chi connectivity index (χ1n) is 6.91. The van der Waals surface area contributed by atoms with Gasteiger partial charge in [-0.1, -0.05) is 11.6 Å². The van der Waals surface area contributed by atoms with Gasteiger partial charge >= 0.3 is 5.97 Å². The molecule has 4 nitrogen and oxygen atoms in total. The standard InChI is InChI=1S/C18H17ClO4/c1-12-10-14(19)6-8-16(12)23-18(20)9-5-13-4-7-15(21-2)11-17(13)22-3/h4-11H,1-3H3/b9-5+. The fraction of sp³-hybridized carbons (Fsp3) is 0.167. The first kappa shape index (κ1) is 16.9. The fourth-order valence-electron chi connectivity index (χ4n) is 1.98. The molecule has 0 saturated heterocycles. The lowest BCUT2D eigenvalue weighted by Gasteiger charge is -2.07. The predicted molar refractivity (Wildman–Crippen MR) is 90.4 cm³/mol. The number of carbonyl (C=O) groups is 1. The zero-order valence-electron chi connectivity index (χ0n) is 13.1. The zero-order valence-corrected chi connectivity index (χ0v) is 13.9. The van der Waals surface area contributed by atoms with Gasteiger partial charge in [0.25, 0.3) is 0 Å². The molecule has 0 aromatic heterocycles. The summed E-state index contributed by atoms with van der Waals surface area (Å²) in [5.74, 6) is 1.29. The van der Waals surface area contributed by atoms with Crippen molar-refractivity contribution in [2.24, 2.45) is 0 Å². The van der Waals surface area contributed by atoms with Gasteiger partial charge in [0.2, 0.25) is 0 Å². The Morgan fingerprint density at radius 2 is 1.83 bits per heavy atom. The third-order valence-electron chi connectivity index (χ3n) is 3.19. The summed E-state index contributed by atoms with van der Waals surface area (Å²) in [4.78, 5) is 11.9. The lowest BCUT2D eigenvalue weighted by molar-refractivity contribution is -0.128. The summed E-state index contributed by atoms with van der Waals surface area (Å²) >= 11 is 5.87. The molecule has 2 aromatic carbocycles. The topological polar surface area (TPSA) is 44.8 Å². The van der Waals surface area contributed by atoms with E-state index >= 15 is 0 Å². The van der Waals surface area contributed by atoms with Gasteiger partial charge in [-0.15, -0.1) is 0 Å². The van der Waals surface area contributed by atoms with Crippen LogP contribution in [0, 0.1) is 6.92 Å². The van der Waals surface area contributed by atoms with Gasteiger partial charge in [-0.25, -0.2) is 4.79 Å². The second-order valence-corrected chi connectivity index (χ2v) is 5.21. The number of hydrogen-bond donors (Lipinski definition) is 0. The van der Waals surface area contributed by atoms with E-state index in [-0.39, 0.29) is 0 Å². The second-order valence-electron chi connectivity index (χ2n) is 4.77. The molecule has 0 aliphatic rings. The van der Waals surface area contributed by atoms with Gasteiger partial charge in [0.15, 0.2) is 0 Å². The number of carbonyl (C=O) groups excluding carboxylic acids is 1. The maximum absolute atomic E-state index is 11.9. The van der Waals surface area contributed by atoms with Crippen molar-refractivity contribution in [3.63, 3.8) is 0 Å². The van der Waals surface area contributed by atoms with Crippen LogP contribution >= 0.6 is 11.6 Å². The predicted octanol–water partition coefficient (Wildman–Crippen LogP) is 4.28. The second kappa shape index (κ2) is 7.70. The molecule has 0 bridgehead atoms. The van der Waals surface area contributed by atoms with Gasteiger partial charge in [0.1, 0.15) is 17.2 Å². The van der Waals surface area contributed by atoms with Crippen LogP contribution in [0.25, 0.3) is 6.08 Å². The summed E-state index contributed by atoms with van der Waals surface area (Å²) in [5.41, 5.74) is 1.54. The average molecular weight is 333 g/mol. The Labute approximate surface area is 140 Å². The number of benzene rings is 2. The van der Waals surface area contributed by atoms with Crippen molar-refractivity contribution in [3.8, 4) is 17.2 Å². The van der Waals surface area contributed by atoms with E-state index in [1.54, 1.807) is 56.7 Å². The number of aryl methyl sites for hydroxylation is 1. The summed E-state index contributed by atoms with van der Waals surface area (Å²) in [7, 11) is 3.14. The van der Waals surface area contributed by atoms with Gasteiger partial charge in [-0.2, -0.15) is 0 Å². The molecule has 2 rings (SSSR count). The van der Waals surface area contributed by atoms with Crippen LogP contribution in [0.1, 0.15) is 11.1 Å². The van der Waals surface area contributed by atoms with Crippen molar-refractivity contribution in [2.75, 3.05) is 14.2 Å². The first-order chi connectivity index (χ1) is 11.0. The van der Waals surface area contributed by atoms with E-state index in [2.05, 4.69) is 0 Å². The molecule has 2 aromatic rings. The summed E-state index contributed by atoms with van der Waals surface area (Å²) in [6, 6.07) is 10.4. The van der Waals surface area contributed by atoms with Crippen LogP contribution in [0.15, 0.2) is 42.5 Å². The van der Waals surface area contributed by atoms with Crippen LogP contribution in [-0.2, 0) is 4.79 Å². The number of methoxy groups -OCH3 is 2. The molecule has 0 heterocycles. The van der Waals surface area contributed by atoms with Crippen molar-refractivity contribution < 1.29 is 19.0 Å². The van der Waals surface area contributed by atoms with E-state index in [4.69, 9.17) is 25.8 Å². The highest BCUT2D eigenvalue weighted by Gasteiger charge is 2.06. The Kier molecular flexibility index (Phi) is 5.66. The molecule has 0 fully saturated rings. The maximum Gasteiger partial charge on any atom is 0.336 e. The highest BCUT2D eigenvalue weighted by atomic mass is 35.5. The average Bonchev–Trinajstić information content (AvgIpc) is 2.55. The van der Waals surface area contributed by atoms with Gasteiger partial charge in [-0.3, -0.25) is 0 Å². The number of esters is 1. The van der Waals surface area contributed by atoms with E-state index in [9.17, 15) is 4.79 Å². The first-order valence-corrected chi connectivity index (χ1v) is 7.29. The molecule has 0 aliphatic carbocycles. The van der Waals surface area contributed by atoms with Crippen LogP contribution in [0.2, 0.25) is 5.02 Å². The van der Waals surface area contributed by atoms with Crippen LogP contribution in [0.5, 0.6) is 17.2 Å². The fourth-order valence-corrected chi connectivity index (χ4v) is 2.21. The number of rotatable bonds is 5. The number of hydrogen-bond acceptors (Lipinski definition) is 4. The lowest BCUT2D eigenvalue weighted by Crippen LogP contribution is -2.04. The third-order valence-corrected chi connectivity index (χ3v) is 3.42. The van der Waals surface area contributed by atoms with Crippen molar-refractivity contribution in [1.82, 2.24) is 0 Å². The molecular weight excluding hydrogens is 316 g/mol. The highest BCUT2D eigenvalue weighted by Crippen LogP contribution is 2.26. The minimum atomic E-state index is -0.478. The lowest BCUT2D eigenvalue weighted by atomic mass is 10.1. The zero-order chi connectivity index (χ0) is 16.8. The van der Waals surface area contributed by atoms with E-state index < -0.39 is 5.97 Å². The van der Waals surface area contributed by atoms with E-state index in [0.717, 1.165) is 11.1 Å². The van der Waals surface area contributed by atoms with Crippen molar-refractivity contribution in [2.45, 2.75) is 6.92 Å². The van der Waals surface area contributed by atoms with E-state index in [0.29, 0.717) is 22.3 Å². The van der Waals surface area contributed by atoms with Crippen molar-refractivity contribution >= 4 is 23.6 Å². The van der Waals surface area contributed by atoms with Crippen LogP contribution in [0.3, 0.4) is 0 Å². The molecule has 0 unspecified atom stereocenters. The largest absolute Gasteiger partial charge is 0.497 e. The Bertz CT molecular complexity index is 738. The molecule has 120 valence electrons. The molecule has 0 radical (unpaired) electrons. The molecule has 0 N–H and O–H groups in total. The molecule has 5 heteroatoms. The molecule has 0 amide bonds. The third kappa shape index (κ3) is 4.50. The van der Waals surface area contributed by atoms with Crippen molar-refractivity contribution in [3.05, 3.63) is 58.6 Å². The minimum Gasteiger partial charge on any atom is -0.497 e. The van der Waals surface area contributed by atoms with Crippen LogP contribution in [0.4, 0.5) is 0 Å². The summed E-state index contributed by atoms with van der Waals surface area (Å²) in [6.07, 6.45) is 2.98. The Morgan fingerprint density at radius 3 is 2.48 bits per heavy atom. The van der Waals surface area contributed by atoms with E-state index in [1.807, 2.05) is 6.92 Å². The Hall–Kier alpha value is -2.46. The maximum atomic E-state index is 11.9. The number of ether oxygens (including phenoxy) is 3. The molecule has 0 aliphatic heterocycles. The highest BCUT2D eigenvalue weighted by molar-refractivity contribution is 6.30. The SMILES string of the molecule is COc1ccc(/C=C/C(=O)Oc2ccc(Cl)cc2C)c(OC)c1. The molecule has 0 saturated carbocycles. The van der Waals surface area contributed by atoms with Gasteiger partial charge in [0.05, 0.1) is 14.2 Å². The minimum absolute atomic E-state index is 0.478. The molecule has 0 atom stereocenters. The Balaban J connectivity index is 2.12. The van der Waals surface area contributed by atoms with Crippen molar-refractivity contribution in [1.29, 1.82) is 0 Å². The Morgan fingerprint density at radius 1 is 1.04 bits per heavy atom. The van der Waals surface area contributed by atoms with Crippen LogP contribution < -0.4 is 14.2 Å². The molecule has 23 heavy (non-hydrogen) atoms. The summed E-state index contributed by atoms with van der Waals surface area (Å²) in [6.45, 7) is 1.82. The number of halogens is 1. The smallest absolute Gasteiger partial charge is 0.336 e. The normalized spacial score (nSPS) is 10.6. The van der Waals surface area contributed by atoms with Gasteiger partial charge in [0, 0.05) is 22.7 Å². The summed E-state index contributed by atoms with van der Waals surface area (Å²) in [5, 5.41) is 0.598. The summed E-state index contributed by atoms with van der Waals surface area (Å²) < 4.78 is 15.7.